The third-order valence-corrected chi connectivity index (χ3v) is 4.17. The summed E-state index contributed by atoms with van der Waals surface area (Å²) in [5.74, 6) is 0.481. The fourth-order valence-electron chi connectivity index (χ4n) is 2.04. The number of nitrogens with one attached hydrogen (secondary N) is 2. The Bertz CT molecular complexity index is 739. The molecule has 0 bridgehead atoms. The summed E-state index contributed by atoms with van der Waals surface area (Å²) in [5, 5.41) is 7.20. The second kappa shape index (κ2) is 11.3. The van der Waals surface area contributed by atoms with Gasteiger partial charge in [0.25, 0.3) is 0 Å². The molecule has 0 fully saturated rings. The van der Waals surface area contributed by atoms with Gasteiger partial charge in [-0.05, 0) is 13.0 Å². The Morgan fingerprint density at radius 2 is 2.07 bits per heavy atom. The van der Waals surface area contributed by atoms with Crippen LogP contribution in [0.4, 0.5) is 13.2 Å². The number of aryl methyl sites for hydroxylation is 1. The van der Waals surface area contributed by atoms with Crippen LogP contribution in [0.2, 0.25) is 0 Å². The fourth-order valence-corrected chi connectivity index (χ4v) is 2.83. The second-order valence-corrected chi connectivity index (χ2v) is 6.66. The van der Waals surface area contributed by atoms with E-state index in [4.69, 9.17) is 4.74 Å². The molecule has 0 saturated carbocycles. The maximum atomic E-state index is 12.3. The van der Waals surface area contributed by atoms with E-state index in [0.717, 1.165) is 16.3 Å². The molecule has 6 nitrogen and oxygen atoms in total. The van der Waals surface area contributed by atoms with E-state index in [1.165, 1.54) is 6.20 Å². The molecule has 0 atom stereocenters. The Balaban J connectivity index is 0.00000364. The highest BCUT2D eigenvalue weighted by Crippen LogP contribution is 2.19. The van der Waals surface area contributed by atoms with E-state index in [1.807, 2.05) is 13.1 Å². The van der Waals surface area contributed by atoms with E-state index in [1.54, 1.807) is 30.5 Å². The summed E-state index contributed by atoms with van der Waals surface area (Å²) in [6.07, 6.45) is -0.434. The number of rotatable bonds is 7. The minimum absolute atomic E-state index is 0. The van der Waals surface area contributed by atoms with Crippen molar-refractivity contribution in [2.24, 2.45) is 4.99 Å². The SMILES string of the molecule is CN=C(NCCc1ncc(C)s1)NCc1cccnc1OCC(F)(F)F.I. The third-order valence-electron chi connectivity index (χ3n) is 3.19. The first-order chi connectivity index (χ1) is 12.4. The number of thiazole rings is 1. The van der Waals surface area contributed by atoms with Crippen molar-refractivity contribution in [3.8, 4) is 5.88 Å². The lowest BCUT2D eigenvalue weighted by Gasteiger charge is -2.14. The van der Waals surface area contributed by atoms with Crippen LogP contribution in [0.5, 0.6) is 5.88 Å². The van der Waals surface area contributed by atoms with Gasteiger partial charge in [0.15, 0.2) is 12.6 Å². The molecule has 11 heteroatoms. The van der Waals surface area contributed by atoms with Crippen LogP contribution in [0.3, 0.4) is 0 Å². The van der Waals surface area contributed by atoms with Crippen LogP contribution in [-0.4, -0.2) is 42.3 Å². The van der Waals surface area contributed by atoms with E-state index in [-0.39, 0.29) is 36.4 Å². The Morgan fingerprint density at radius 1 is 1.30 bits per heavy atom. The Kier molecular flexibility index (Phi) is 9.77. The largest absolute Gasteiger partial charge is 0.468 e. The van der Waals surface area contributed by atoms with E-state index in [2.05, 4.69) is 25.6 Å². The number of ether oxygens (including phenoxy) is 1. The molecule has 2 rings (SSSR count). The highest BCUT2D eigenvalue weighted by molar-refractivity contribution is 14.0. The molecule has 0 amide bonds. The van der Waals surface area contributed by atoms with Crippen molar-refractivity contribution in [1.29, 1.82) is 0 Å². The van der Waals surface area contributed by atoms with Crippen LogP contribution in [0.15, 0.2) is 29.5 Å². The van der Waals surface area contributed by atoms with E-state index < -0.39 is 12.8 Å². The molecule has 0 saturated heterocycles. The number of guanidine groups is 1. The van der Waals surface area contributed by atoms with Gasteiger partial charge in [0.2, 0.25) is 5.88 Å². The van der Waals surface area contributed by atoms with Gasteiger partial charge in [-0.1, -0.05) is 6.07 Å². The lowest BCUT2D eigenvalue weighted by atomic mass is 10.2. The highest BCUT2D eigenvalue weighted by atomic mass is 127. The average Bonchev–Trinajstić information content (AvgIpc) is 3.01. The molecule has 2 N–H and O–H groups in total. The van der Waals surface area contributed by atoms with Crippen LogP contribution in [0, 0.1) is 6.92 Å². The number of pyridine rings is 1. The molecule has 27 heavy (non-hydrogen) atoms. The summed E-state index contributed by atoms with van der Waals surface area (Å²) in [5.41, 5.74) is 0.509. The van der Waals surface area contributed by atoms with Crippen molar-refractivity contribution < 1.29 is 17.9 Å². The van der Waals surface area contributed by atoms with Crippen molar-refractivity contribution >= 4 is 41.3 Å². The van der Waals surface area contributed by atoms with Gasteiger partial charge in [-0.2, -0.15) is 13.2 Å². The highest BCUT2D eigenvalue weighted by Gasteiger charge is 2.29. The summed E-state index contributed by atoms with van der Waals surface area (Å²) < 4.78 is 41.7. The smallest absolute Gasteiger partial charge is 0.422 e. The zero-order valence-electron chi connectivity index (χ0n) is 14.8. The molecule has 0 aliphatic heterocycles. The maximum Gasteiger partial charge on any atom is 0.422 e. The molecular formula is C16H21F3IN5OS. The zero-order valence-corrected chi connectivity index (χ0v) is 18.0. The molecule has 0 aliphatic rings. The van der Waals surface area contributed by atoms with Gasteiger partial charge in [0, 0.05) is 49.4 Å². The number of nitrogens with zero attached hydrogens (tertiary/aromatic N) is 3. The van der Waals surface area contributed by atoms with Crippen molar-refractivity contribution in [1.82, 2.24) is 20.6 Å². The topological polar surface area (TPSA) is 71.4 Å². The molecule has 0 radical (unpaired) electrons. The summed E-state index contributed by atoms with van der Waals surface area (Å²) in [6.45, 7) is 1.49. The lowest BCUT2D eigenvalue weighted by Crippen LogP contribution is -2.38. The van der Waals surface area contributed by atoms with Gasteiger partial charge in [-0.15, -0.1) is 35.3 Å². The molecule has 0 aliphatic carbocycles. The molecule has 0 aromatic carbocycles. The number of hydrogen-bond acceptors (Lipinski definition) is 5. The predicted octanol–water partition coefficient (Wildman–Crippen LogP) is 3.31. The van der Waals surface area contributed by atoms with Crippen molar-refractivity contribution in [2.75, 3.05) is 20.2 Å². The monoisotopic (exact) mass is 515 g/mol. The van der Waals surface area contributed by atoms with Crippen molar-refractivity contribution in [3.63, 3.8) is 0 Å². The van der Waals surface area contributed by atoms with Crippen LogP contribution < -0.4 is 15.4 Å². The summed E-state index contributed by atoms with van der Waals surface area (Å²) >= 11 is 1.64. The average molecular weight is 515 g/mol. The summed E-state index contributed by atoms with van der Waals surface area (Å²) in [7, 11) is 1.62. The number of hydrogen-bond donors (Lipinski definition) is 2. The van der Waals surface area contributed by atoms with Crippen LogP contribution >= 0.6 is 35.3 Å². The molecule has 150 valence electrons. The summed E-state index contributed by atoms with van der Waals surface area (Å²) in [4.78, 5) is 13.4. The quantitative estimate of drug-likeness (QED) is 0.337. The minimum atomic E-state index is -4.41. The van der Waals surface area contributed by atoms with Crippen LogP contribution in [-0.2, 0) is 13.0 Å². The van der Waals surface area contributed by atoms with Gasteiger partial charge >= 0.3 is 6.18 Å². The molecule has 0 spiro atoms. The fraction of sp³-hybridized carbons (Fsp3) is 0.438. The van der Waals surface area contributed by atoms with Gasteiger partial charge in [0.1, 0.15) is 0 Å². The predicted molar refractivity (Wildman–Crippen MR) is 110 cm³/mol. The molecule has 2 aromatic rings. The molecule has 2 aromatic heterocycles. The zero-order chi connectivity index (χ0) is 19.0. The molecule has 2 heterocycles. The normalized spacial score (nSPS) is 11.7. The van der Waals surface area contributed by atoms with Gasteiger partial charge in [-0.3, -0.25) is 4.99 Å². The second-order valence-electron chi connectivity index (χ2n) is 5.34. The first-order valence-electron chi connectivity index (χ1n) is 7.86. The maximum absolute atomic E-state index is 12.3. The summed E-state index contributed by atoms with van der Waals surface area (Å²) in [6, 6.07) is 3.29. The van der Waals surface area contributed by atoms with E-state index in [9.17, 15) is 13.2 Å². The minimum Gasteiger partial charge on any atom is -0.468 e. The first-order valence-corrected chi connectivity index (χ1v) is 8.68. The Morgan fingerprint density at radius 3 is 2.70 bits per heavy atom. The van der Waals surface area contributed by atoms with Crippen LogP contribution in [0.1, 0.15) is 15.4 Å². The van der Waals surface area contributed by atoms with Crippen LogP contribution in [0.25, 0.3) is 0 Å². The number of aliphatic imine (C=N–C) groups is 1. The van der Waals surface area contributed by atoms with E-state index >= 15 is 0 Å². The van der Waals surface area contributed by atoms with E-state index in [0.29, 0.717) is 18.1 Å². The number of aromatic nitrogens is 2. The van der Waals surface area contributed by atoms with Crippen molar-refractivity contribution in [3.05, 3.63) is 40.0 Å². The molecule has 0 unspecified atom stereocenters. The third kappa shape index (κ3) is 8.73. The standard InChI is InChI=1S/C16H20F3N5OS.HI/c1-11-8-23-13(26-11)5-7-22-15(20-2)24-9-12-4-3-6-21-14(12)25-10-16(17,18)19;/h3-4,6,8H,5,7,9-10H2,1-2H3,(H2,20,22,24);1H. The Labute approximate surface area is 176 Å². The molecular weight excluding hydrogens is 494 g/mol. The number of halogens is 4. The van der Waals surface area contributed by atoms with Crippen molar-refractivity contribution in [2.45, 2.75) is 26.1 Å². The lowest BCUT2D eigenvalue weighted by molar-refractivity contribution is -0.154. The Hall–Kier alpha value is -1.63. The van der Waals surface area contributed by atoms with Gasteiger partial charge < -0.3 is 15.4 Å². The van der Waals surface area contributed by atoms with Gasteiger partial charge in [0.05, 0.1) is 5.01 Å². The van der Waals surface area contributed by atoms with Gasteiger partial charge in [-0.25, -0.2) is 9.97 Å². The number of alkyl halides is 3. The first kappa shape index (κ1) is 23.4.